The molecule has 0 aliphatic carbocycles. The molecule has 0 atom stereocenters. The van der Waals surface area contributed by atoms with Crippen molar-refractivity contribution >= 4 is 24.2 Å². The average Bonchev–Trinajstić information content (AvgIpc) is 3.21. The summed E-state index contributed by atoms with van der Waals surface area (Å²) in [6.07, 6.45) is 24.3. The zero-order chi connectivity index (χ0) is 40.3. The van der Waals surface area contributed by atoms with Gasteiger partial charge in [0.05, 0.1) is 34.4 Å². The molecule has 2 aromatic carbocycles. The minimum atomic E-state index is -1.05. The number of carbonyl (C=O) groups is 4. The van der Waals surface area contributed by atoms with Crippen molar-refractivity contribution in [3.8, 4) is 0 Å². The van der Waals surface area contributed by atoms with Crippen LogP contribution in [-0.4, -0.2) is 37.5 Å². The Morgan fingerprint density at radius 1 is 0.375 bits per heavy atom. The van der Waals surface area contributed by atoms with Crippen molar-refractivity contribution in [2.75, 3.05) is 13.2 Å². The Morgan fingerprint density at radius 2 is 0.679 bits per heavy atom. The molecule has 0 N–H and O–H groups in total. The van der Waals surface area contributed by atoms with Gasteiger partial charge in [0.15, 0.2) is 0 Å². The smallest absolute Gasteiger partial charge is 0.432 e. The van der Waals surface area contributed by atoms with Gasteiger partial charge in [-0.1, -0.05) is 154 Å². The Balaban J connectivity index is 1.29. The highest BCUT2D eigenvalue weighted by atomic mass is 17.5. The Morgan fingerprint density at radius 3 is 1.00 bits per heavy atom. The first kappa shape index (κ1) is 48.0. The second-order valence-corrected chi connectivity index (χ2v) is 14.2. The molecule has 0 aliphatic rings. The second-order valence-electron chi connectivity index (χ2n) is 14.2. The molecule has 12 nitrogen and oxygen atoms in total. The molecule has 0 bridgehead atoms. The molecule has 0 heterocycles. The Bertz CT molecular complexity index is 1210. The van der Waals surface area contributed by atoms with Crippen LogP contribution in [0.3, 0.4) is 0 Å². The summed E-state index contributed by atoms with van der Waals surface area (Å²) in [5.41, 5.74) is 2.91. The third-order valence-electron chi connectivity index (χ3n) is 9.42. The van der Waals surface area contributed by atoms with E-state index in [1.807, 2.05) is 24.3 Å². The van der Waals surface area contributed by atoms with Crippen LogP contribution in [0.2, 0.25) is 0 Å². The summed E-state index contributed by atoms with van der Waals surface area (Å²) in [6.45, 7) is 4.77. The molecule has 12 heteroatoms. The van der Waals surface area contributed by atoms with Crippen molar-refractivity contribution in [2.24, 2.45) is 0 Å². The molecule has 0 unspecified atom stereocenters. The standard InChI is InChI=1S/C44H66O12/c1-3-5-7-21-25-37-27-31-39(32-28-37)41(45)51-55-53-43(47)49-35-23-19-17-15-13-11-9-10-12-14-16-18-20-24-36-50-44(48)54-56-52-42(46)40-33-29-38(30-34-40)26-22-8-6-4-2/h27-34H,3-26,35-36H2,1-2H3. The van der Waals surface area contributed by atoms with Gasteiger partial charge in [0.1, 0.15) is 0 Å². The fourth-order valence-corrected chi connectivity index (χ4v) is 6.06. The van der Waals surface area contributed by atoms with Gasteiger partial charge in [-0.2, -0.15) is 0 Å². The molecule has 0 amide bonds. The van der Waals surface area contributed by atoms with E-state index in [0.717, 1.165) is 88.2 Å². The second kappa shape index (κ2) is 33.0. The molecule has 0 saturated carbocycles. The van der Waals surface area contributed by atoms with Crippen LogP contribution in [0, 0.1) is 0 Å². The van der Waals surface area contributed by atoms with E-state index < -0.39 is 24.2 Å². The fraction of sp³-hybridized carbons (Fsp3) is 0.636. The van der Waals surface area contributed by atoms with Gasteiger partial charge in [-0.05, 0) is 73.9 Å². The average molecular weight is 787 g/mol. The SMILES string of the molecule is CCCCCCc1ccc(C(=O)OOOC(=O)OCCCCCCCCCCCCCCCCOC(=O)OOOC(=O)c2ccc(CCCCCC)cc2)cc1. The number of carbonyl (C=O) groups excluding carboxylic acids is 4. The summed E-state index contributed by atoms with van der Waals surface area (Å²) in [5.74, 6) is -1.51. The highest BCUT2D eigenvalue weighted by Crippen LogP contribution is 2.15. The van der Waals surface area contributed by atoms with E-state index in [0.29, 0.717) is 11.1 Å². The largest absolute Gasteiger partial charge is 0.543 e. The quantitative estimate of drug-likeness (QED) is 0.0294. The van der Waals surface area contributed by atoms with E-state index in [1.54, 1.807) is 24.3 Å². The molecule has 0 saturated heterocycles. The molecule has 0 spiro atoms. The maximum atomic E-state index is 12.1. The van der Waals surface area contributed by atoms with Crippen LogP contribution in [0.15, 0.2) is 48.5 Å². The van der Waals surface area contributed by atoms with Gasteiger partial charge < -0.3 is 9.47 Å². The third kappa shape index (κ3) is 25.1. The monoisotopic (exact) mass is 786 g/mol. The molecule has 2 aromatic rings. The number of hydrogen-bond donors (Lipinski definition) is 0. The molecule has 2 rings (SSSR count). The summed E-state index contributed by atoms with van der Waals surface area (Å²) in [5, 5.41) is 8.61. The van der Waals surface area contributed by atoms with Gasteiger partial charge in [-0.3, -0.25) is 9.78 Å². The Kier molecular flexibility index (Phi) is 28.3. The van der Waals surface area contributed by atoms with Crippen molar-refractivity contribution < 1.29 is 58.3 Å². The minimum absolute atomic E-state index is 0.207. The van der Waals surface area contributed by atoms with E-state index in [4.69, 9.17) is 9.47 Å². The van der Waals surface area contributed by atoms with Crippen molar-refractivity contribution in [1.29, 1.82) is 0 Å². The lowest BCUT2D eigenvalue weighted by Crippen LogP contribution is -2.12. The van der Waals surface area contributed by atoms with Crippen molar-refractivity contribution in [3.63, 3.8) is 0 Å². The van der Waals surface area contributed by atoms with E-state index in [9.17, 15) is 19.2 Å². The fourth-order valence-electron chi connectivity index (χ4n) is 6.06. The van der Waals surface area contributed by atoms with Gasteiger partial charge in [0.2, 0.25) is 0 Å². The molecular formula is C44H66O12. The van der Waals surface area contributed by atoms with Crippen LogP contribution in [0.1, 0.15) is 187 Å². The Labute approximate surface area is 333 Å². The maximum absolute atomic E-state index is 12.1. The number of unbranched alkanes of at least 4 members (excludes halogenated alkanes) is 19. The summed E-state index contributed by atoms with van der Waals surface area (Å²) in [7, 11) is 0. The minimum Gasteiger partial charge on any atom is -0.432 e. The number of benzene rings is 2. The van der Waals surface area contributed by atoms with Crippen LogP contribution in [0.4, 0.5) is 9.59 Å². The van der Waals surface area contributed by atoms with Gasteiger partial charge in [-0.25, -0.2) is 29.0 Å². The maximum Gasteiger partial charge on any atom is 0.543 e. The summed E-state index contributed by atoms with van der Waals surface area (Å²) in [4.78, 5) is 65.2. The topological polar surface area (TPSA) is 142 Å². The van der Waals surface area contributed by atoms with Crippen LogP contribution < -0.4 is 0 Å². The van der Waals surface area contributed by atoms with Gasteiger partial charge >= 0.3 is 24.2 Å². The molecule has 314 valence electrons. The van der Waals surface area contributed by atoms with Crippen LogP contribution in [0.5, 0.6) is 0 Å². The van der Waals surface area contributed by atoms with Crippen LogP contribution in [0.25, 0.3) is 0 Å². The van der Waals surface area contributed by atoms with Crippen molar-refractivity contribution in [2.45, 2.75) is 168 Å². The first-order chi connectivity index (χ1) is 27.4. The first-order valence-electron chi connectivity index (χ1n) is 21.0. The number of aryl methyl sites for hydroxylation is 2. The molecule has 0 aliphatic heterocycles. The molecular weight excluding hydrogens is 720 g/mol. The molecule has 56 heavy (non-hydrogen) atoms. The zero-order valence-corrected chi connectivity index (χ0v) is 33.9. The van der Waals surface area contributed by atoms with E-state index >= 15 is 0 Å². The lowest BCUT2D eigenvalue weighted by atomic mass is 10.0. The van der Waals surface area contributed by atoms with Crippen LogP contribution >= 0.6 is 0 Å². The highest BCUT2D eigenvalue weighted by Gasteiger charge is 2.14. The van der Waals surface area contributed by atoms with Gasteiger partial charge in [-0.15, -0.1) is 0 Å². The highest BCUT2D eigenvalue weighted by molar-refractivity contribution is 5.89. The van der Waals surface area contributed by atoms with E-state index in [2.05, 4.69) is 43.5 Å². The lowest BCUT2D eigenvalue weighted by molar-refractivity contribution is -0.452. The predicted octanol–water partition coefficient (Wildman–Crippen LogP) is 12.4. The molecule has 0 fully saturated rings. The first-order valence-corrected chi connectivity index (χ1v) is 21.0. The predicted molar refractivity (Wildman–Crippen MR) is 211 cm³/mol. The Hall–Kier alpha value is -4.16. The zero-order valence-electron chi connectivity index (χ0n) is 33.9. The van der Waals surface area contributed by atoms with Gasteiger partial charge in [0, 0.05) is 0 Å². The van der Waals surface area contributed by atoms with Crippen LogP contribution in [-0.2, 0) is 51.9 Å². The number of hydrogen-bond acceptors (Lipinski definition) is 12. The molecule has 0 aromatic heterocycles. The van der Waals surface area contributed by atoms with Crippen molar-refractivity contribution in [3.05, 3.63) is 70.8 Å². The lowest BCUT2D eigenvalue weighted by Gasteiger charge is -2.06. The van der Waals surface area contributed by atoms with E-state index in [1.165, 1.54) is 77.0 Å². The molecule has 0 radical (unpaired) electrons. The normalized spacial score (nSPS) is 10.8. The summed E-state index contributed by atoms with van der Waals surface area (Å²) >= 11 is 0. The summed E-state index contributed by atoms with van der Waals surface area (Å²) < 4.78 is 9.91. The van der Waals surface area contributed by atoms with E-state index in [-0.39, 0.29) is 13.2 Å². The number of rotatable bonds is 33. The number of ether oxygens (including phenoxy) is 2. The summed E-state index contributed by atoms with van der Waals surface area (Å²) in [6, 6.07) is 14.2. The van der Waals surface area contributed by atoms with Crippen molar-refractivity contribution in [1.82, 2.24) is 0 Å². The third-order valence-corrected chi connectivity index (χ3v) is 9.42. The van der Waals surface area contributed by atoms with Gasteiger partial charge in [0.25, 0.3) is 0 Å².